The number of rotatable bonds is 4. The van der Waals surface area contributed by atoms with E-state index < -0.39 is 6.10 Å². The number of benzene rings is 2. The van der Waals surface area contributed by atoms with Gasteiger partial charge in [-0.1, -0.05) is 35.3 Å². The van der Waals surface area contributed by atoms with E-state index in [4.69, 9.17) is 27.9 Å². The molecule has 0 fully saturated rings. The maximum absolute atomic E-state index is 12.1. The monoisotopic (exact) mass is 387 g/mol. The molecule has 110 valence electrons. The molecule has 0 aromatic heterocycles. The Balaban J connectivity index is 2.04. The van der Waals surface area contributed by atoms with Crippen LogP contribution in [0.2, 0.25) is 10.0 Å². The molecule has 0 saturated heterocycles. The van der Waals surface area contributed by atoms with Crippen LogP contribution in [0.5, 0.6) is 5.75 Å². The van der Waals surface area contributed by atoms with Gasteiger partial charge in [-0.3, -0.25) is 4.79 Å². The van der Waals surface area contributed by atoms with Crippen LogP contribution in [0.1, 0.15) is 6.92 Å². The van der Waals surface area contributed by atoms with Crippen molar-refractivity contribution in [1.82, 2.24) is 0 Å². The van der Waals surface area contributed by atoms with Crippen molar-refractivity contribution in [2.75, 3.05) is 5.32 Å². The molecule has 6 heteroatoms. The van der Waals surface area contributed by atoms with E-state index in [-0.39, 0.29) is 5.91 Å². The first-order valence-electron chi connectivity index (χ1n) is 6.14. The van der Waals surface area contributed by atoms with Gasteiger partial charge in [0.1, 0.15) is 5.75 Å². The van der Waals surface area contributed by atoms with Crippen LogP contribution in [-0.4, -0.2) is 12.0 Å². The number of ether oxygens (including phenoxy) is 1. The van der Waals surface area contributed by atoms with E-state index in [9.17, 15) is 4.79 Å². The van der Waals surface area contributed by atoms with Crippen LogP contribution in [0, 0.1) is 0 Å². The second kappa shape index (κ2) is 7.16. The molecular weight excluding hydrogens is 377 g/mol. The molecule has 1 atom stereocenters. The Hall–Kier alpha value is -1.23. The van der Waals surface area contributed by atoms with Gasteiger partial charge in [0.15, 0.2) is 6.10 Å². The summed E-state index contributed by atoms with van der Waals surface area (Å²) in [7, 11) is 0. The fourth-order valence-electron chi connectivity index (χ4n) is 1.61. The molecule has 0 bridgehead atoms. The largest absolute Gasteiger partial charge is 0.479 e. The minimum atomic E-state index is -0.698. The van der Waals surface area contributed by atoms with Crippen molar-refractivity contribution in [2.24, 2.45) is 0 Å². The highest BCUT2D eigenvalue weighted by Crippen LogP contribution is 2.28. The number of anilines is 1. The van der Waals surface area contributed by atoms with Gasteiger partial charge in [-0.25, -0.2) is 0 Å². The van der Waals surface area contributed by atoms with Gasteiger partial charge in [0.2, 0.25) is 0 Å². The van der Waals surface area contributed by atoms with Gasteiger partial charge < -0.3 is 10.1 Å². The van der Waals surface area contributed by atoms with Crippen molar-refractivity contribution in [3.05, 3.63) is 57.0 Å². The molecule has 0 saturated carbocycles. The highest BCUT2D eigenvalue weighted by Gasteiger charge is 2.17. The number of carbonyl (C=O) groups is 1. The van der Waals surface area contributed by atoms with Crippen LogP contribution in [0.15, 0.2) is 46.9 Å². The predicted octanol–water partition coefficient (Wildman–Crippen LogP) is 5.16. The van der Waals surface area contributed by atoms with Gasteiger partial charge >= 0.3 is 0 Å². The lowest BCUT2D eigenvalue weighted by Gasteiger charge is -2.16. The first kappa shape index (κ1) is 16.1. The second-order valence-corrected chi connectivity index (χ2v) is 6.00. The van der Waals surface area contributed by atoms with Gasteiger partial charge in [-0.05, 0) is 53.2 Å². The number of hydrogen-bond donors (Lipinski definition) is 1. The van der Waals surface area contributed by atoms with Crippen LogP contribution in [0.4, 0.5) is 5.69 Å². The molecule has 3 nitrogen and oxygen atoms in total. The first-order chi connectivity index (χ1) is 9.97. The highest BCUT2D eigenvalue weighted by atomic mass is 79.9. The lowest BCUT2D eigenvalue weighted by Crippen LogP contribution is -2.30. The van der Waals surface area contributed by atoms with Crippen LogP contribution in [0.25, 0.3) is 0 Å². The predicted molar refractivity (Wildman–Crippen MR) is 89.3 cm³/mol. The average Bonchev–Trinajstić information content (AvgIpc) is 2.44. The zero-order valence-electron chi connectivity index (χ0n) is 11.1. The molecular formula is C15H12BrCl2NO2. The normalized spacial score (nSPS) is 11.8. The van der Waals surface area contributed by atoms with Crippen molar-refractivity contribution < 1.29 is 9.53 Å². The standard InChI is InChI=1S/C15H12BrCl2NO2/c1-9(21-14-7-6-10(17)8-12(14)18)15(20)19-13-5-3-2-4-11(13)16/h2-9H,1H3,(H,19,20)/t9-/m0/s1. The molecule has 0 aliphatic rings. The molecule has 0 unspecified atom stereocenters. The van der Waals surface area contributed by atoms with Crippen molar-refractivity contribution in [2.45, 2.75) is 13.0 Å². The van der Waals surface area contributed by atoms with E-state index in [0.717, 1.165) is 4.47 Å². The molecule has 2 rings (SSSR count). The Bertz CT molecular complexity index is 664. The molecule has 0 spiro atoms. The maximum Gasteiger partial charge on any atom is 0.265 e. The number of carbonyl (C=O) groups excluding carboxylic acids is 1. The number of amides is 1. The maximum atomic E-state index is 12.1. The van der Waals surface area contributed by atoms with Gasteiger partial charge in [0.25, 0.3) is 5.91 Å². The topological polar surface area (TPSA) is 38.3 Å². The summed E-state index contributed by atoms with van der Waals surface area (Å²) in [4.78, 5) is 12.1. The van der Waals surface area contributed by atoms with Crippen molar-refractivity contribution >= 4 is 50.7 Å². The van der Waals surface area contributed by atoms with Crippen molar-refractivity contribution in [3.63, 3.8) is 0 Å². The fourth-order valence-corrected chi connectivity index (χ4v) is 2.45. The minimum absolute atomic E-state index is 0.270. The zero-order chi connectivity index (χ0) is 15.4. The quantitative estimate of drug-likeness (QED) is 0.785. The van der Waals surface area contributed by atoms with E-state index in [1.807, 2.05) is 18.2 Å². The summed E-state index contributed by atoms with van der Waals surface area (Å²) in [6.07, 6.45) is -0.698. The summed E-state index contributed by atoms with van der Waals surface area (Å²) in [5.41, 5.74) is 0.681. The lowest BCUT2D eigenvalue weighted by molar-refractivity contribution is -0.122. The Morgan fingerprint density at radius 1 is 1.24 bits per heavy atom. The third kappa shape index (κ3) is 4.37. The molecule has 2 aromatic rings. The average molecular weight is 389 g/mol. The van der Waals surface area contributed by atoms with E-state index in [1.54, 1.807) is 31.2 Å². The van der Waals surface area contributed by atoms with Gasteiger partial charge in [0, 0.05) is 9.50 Å². The summed E-state index contributed by atoms with van der Waals surface area (Å²) in [6, 6.07) is 12.2. The number of hydrogen-bond acceptors (Lipinski definition) is 2. The first-order valence-corrected chi connectivity index (χ1v) is 7.69. The second-order valence-electron chi connectivity index (χ2n) is 4.30. The SMILES string of the molecule is C[C@H](Oc1ccc(Cl)cc1Cl)C(=O)Nc1ccccc1Br. The smallest absolute Gasteiger partial charge is 0.265 e. The minimum Gasteiger partial charge on any atom is -0.479 e. The molecule has 2 aromatic carbocycles. The van der Waals surface area contributed by atoms with Crippen LogP contribution in [0.3, 0.4) is 0 Å². The number of para-hydroxylation sites is 1. The van der Waals surface area contributed by atoms with Gasteiger partial charge in [0.05, 0.1) is 10.7 Å². The van der Waals surface area contributed by atoms with Crippen molar-refractivity contribution in [1.29, 1.82) is 0 Å². The van der Waals surface area contributed by atoms with E-state index in [2.05, 4.69) is 21.2 Å². The van der Waals surface area contributed by atoms with E-state index in [1.165, 1.54) is 0 Å². The Kier molecular flexibility index (Phi) is 5.51. The Morgan fingerprint density at radius 2 is 1.95 bits per heavy atom. The van der Waals surface area contributed by atoms with Gasteiger partial charge in [-0.2, -0.15) is 0 Å². The summed E-state index contributed by atoms with van der Waals surface area (Å²) in [6.45, 7) is 1.65. The fraction of sp³-hybridized carbons (Fsp3) is 0.133. The summed E-state index contributed by atoms with van der Waals surface area (Å²) in [5, 5.41) is 3.66. The highest BCUT2D eigenvalue weighted by molar-refractivity contribution is 9.10. The summed E-state index contributed by atoms with van der Waals surface area (Å²) < 4.78 is 6.36. The molecule has 0 heterocycles. The third-order valence-electron chi connectivity index (χ3n) is 2.70. The molecule has 21 heavy (non-hydrogen) atoms. The summed E-state index contributed by atoms with van der Waals surface area (Å²) in [5.74, 6) is 0.142. The molecule has 0 aliphatic carbocycles. The molecule has 0 aliphatic heterocycles. The van der Waals surface area contributed by atoms with Crippen molar-refractivity contribution in [3.8, 4) is 5.75 Å². The van der Waals surface area contributed by atoms with E-state index in [0.29, 0.717) is 21.5 Å². The van der Waals surface area contributed by atoms with Crippen LogP contribution < -0.4 is 10.1 Å². The molecule has 1 amide bonds. The van der Waals surface area contributed by atoms with E-state index >= 15 is 0 Å². The third-order valence-corrected chi connectivity index (χ3v) is 3.92. The zero-order valence-corrected chi connectivity index (χ0v) is 14.2. The Labute approximate surface area is 141 Å². The number of halogens is 3. The van der Waals surface area contributed by atoms with Crippen LogP contribution >= 0.6 is 39.1 Å². The number of nitrogens with one attached hydrogen (secondary N) is 1. The molecule has 0 radical (unpaired) electrons. The summed E-state index contributed by atoms with van der Waals surface area (Å²) >= 11 is 15.2. The van der Waals surface area contributed by atoms with Gasteiger partial charge in [-0.15, -0.1) is 0 Å². The lowest BCUT2D eigenvalue weighted by atomic mass is 10.3. The molecule has 1 N–H and O–H groups in total. The Morgan fingerprint density at radius 3 is 2.62 bits per heavy atom. The van der Waals surface area contributed by atoms with Crippen LogP contribution in [-0.2, 0) is 4.79 Å².